The van der Waals surface area contributed by atoms with Crippen molar-refractivity contribution in [3.63, 3.8) is 0 Å². The summed E-state index contributed by atoms with van der Waals surface area (Å²) < 4.78 is 28.5. The predicted octanol–water partition coefficient (Wildman–Crippen LogP) is 10.8. The quantitative estimate of drug-likeness (QED) is 0.00542. The molecule has 5 heterocycles. The number of ether oxygens (including phenoxy) is 2. The Morgan fingerprint density at radius 1 is 0.754 bits per heavy atom. The van der Waals surface area contributed by atoms with Crippen LogP contribution in [0.1, 0.15) is 146 Å². The number of alkyl halides is 5. The number of likely N-dealkylation sites (tertiary alicyclic amines) is 1. The van der Waals surface area contributed by atoms with Crippen LogP contribution in [0.2, 0.25) is 0 Å². The number of fused-ring (bicyclic) bond motifs is 1. The Hall–Kier alpha value is -5.78. The van der Waals surface area contributed by atoms with Crippen molar-refractivity contribution in [2.24, 2.45) is 10.1 Å². The largest absolute Gasteiger partial charge is 1.00 e. The number of nitrogens with one attached hydrogen (secondary N) is 1. The Bertz CT molecular complexity index is 3670. The van der Waals surface area contributed by atoms with E-state index in [2.05, 4.69) is 127 Å². The van der Waals surface area contributed by atoms with Crippen LogP contribution in [-0.2, 0) is 70.3 Å². The van der Waals surface area contributed by atoms with Gasteiger partial charge in [0.15, 0.2) is 45.4 Å². The molecule has 0 aliphatic carbocycles. The van der Waals surface area contributed by atoms with Crippen molar-refractivity contribution < 1.29 is 134 Å². The number of carboxylic acids is 4. The molecule has 0 saturated carbocycles. The number of carboxylic acid groups (broad SMARTS) is 4. The number of nitrogens with zero attached hydrogens (tertiary/aromatic N) is 7. The summed E-state index contributed by atoms with van der Waals surface area (Å²) in [6.07, 6.45) is 5.29. The number of halogens is 7. The van der Waals surface area contributed by atoms with Crippen LogP contribution in [0.25, 0.3) is 20.1 Å². The van der Waals surface area contributed by atoms with Crippen molar-refractivity contribution in [2.45, 2.75) is 196 Å². The smallest absolute Gasteiger partial charge is 0.399 e. The van der Waals surface area contributed by atoms with Gasteiger partial charge in [0.1, 0.15) is 29.3 Å². The maximum Gasteiger partial charge on any atom is 1.00 e. The number of aryl methyl sites for hydroxylation is 3. The molecule has 5 fully saturated rings. The van der Waals surface area contributed by atoms with E-state index in [1.54, 1.807) is 62.1 Å². The molecule has 8 atom stereocenters. The van der Waals surface area contributed by atoms with E-state index in [-0.39, 0.29) is 140 Å². The summed E-state index contributed by atoms with van der Waals surface area (Å²) in [4.78, 5) is 122. The van der Waals surface area contributed by atoms with Gasteiger partial charge in [0.25, 0.3) is 5.91 Å². The zero-order valence-corrected chi connectivity index (χ0v) is 74.5. The molecule has 3 aromatic rings. The summed E-state index contributed by atoms with van der Waals surface area (Å²) in [7, 11) is 3.34. The standard InChI is InChI=1S/C13H14BrNO2.C13H13NO2.C9H12BrNO3.C9H13NO3.C8H8N2.C5H9NO2.2C4H7BrO3.C4H5ClO.CH3F.4CH4.BHNS.BrH.H3N2O.Na/c1-9-6-10(4-5-11(9)15-3)7-12(16)13(2,17)8-14;1-9-6-10(4-5-11(9)14-3)7-12(15)13(2)8-16-13;1-9(5-10)8(13)11-4-2-3-6(11)7(12)14-9;1-6(2)8(11)10-5-3-4-7(10)9(12)13;1-6-5-7(9)3-4-8(6)10-2;7-5(8)4-2-1-3-6-4;2*1-4(8,2-5)3(6)7;1-3(2)4(5)6;1-2;;;;;1-2-3;;1-2-3;/h4-6,17H,7-8H2,1-2H3;4-6H,7-8H2,1-2H3;6H,2-5H2,1H3;7H,1,3-5H2,2H3,(H,12,13);3-5H,9H2,1H3;4,6H,1-3H2,(H,7,8);2*8H,2H2,1H3,(H,6,7);1H2,2H3;1H3;4*1H4;3H;1H;3H,1H2;/q;;;;;;;;;;;;;;;;-1;+1/t2*13-;6?,9-;7-;;3*4-;;;;;;;;;;/m0001.100........../s1/i;;;;;;;;;1D;;;;;;;;. The van der Waals surface area contributed by atoms with Crippen molar-refractivity contribution in [2.75, 3.05) is 60.4 Å². The second-order valence-corrected chi connectivity index (χ2v) is 27.5. The second-order valence-electron chi connectivity index (χ2n) is 24.7. The first-order chi connectivity index (χ1) is 50.5. The molecule has 40 heteroatoms. The zero-order valence-electron chi connectivity index (χ0n) is 63.8. The molecule has 5 aliphatic rings. The molecule has 1 radical (unpaired) electrons. The Kier molecular flexibility index (Phi) is 73.4. The Morgan fingerprint density at radius 2 is 1.14 bits per heavy atom. The van der Waals surface area contributed by atoms with Gasteiger partial charge in [-0.25, -0.2) is 33.7 Å². The average Bonchev–Trinajstić information content (AvgIpc) is 1.74. The number of aliphatic carboxylic acids is 4. The number of allylic oxidation sites excluding steroid dienone is 1. The molecule has 2 amide bonds. The van der Waals surface area contributed by atoms with Gasteiger partial charge in [-0.15, -0.1) is 17.0 Å². The number of nitrogens with two attached hydrogens (primary N) is 2. The number of aliphatic hydroxyl groups is 3. The van der Waals surface area contributed by atoms with Gasteiger partial charge in [0.05, 0.1) is 40.2 Å². The van der Waals surface area contributed by atoms with Gasteiger partial charge in [-0.2, -0.15) is 0 Å². The van der Waals surface area contributed by atoms with E-state index in [0.29, 0.717) is 71.8 Å². The zero-order chi connectivity index (χ0) is 85.6. The number of Topliss-reactive ketones (excluding diaryl/α,β-unsaturated/α-hetero) is 2. The average molecular weight is 1980 g/mol. The molecule has 30 nitrogen and oxygen atoms in total. The molecule has 0 bridgehead atoms. The van der Waals surface area contributed by atoms with Crippen LogP contribution in [0.5, 0.6) is 0 Å². The molecule has 0 aromatic heterocycles. The minimum atomic E-state index is -1.62. The first-order valence-corrected chi connectivity index (χ1v) is 37.0. The predicted molar refractivity (Wildman–Crippen MR) is 462 cm³/mol. The van der Waals surface area contributed by atoms with E-state index in [9.17, 15) is 57.4 Å². The van der Waals surface area contributed by atoms with E-state index in [1.165, 1.54) is 25.7 Å². The van der Waals surface area contributed by atoms with Crippen LogP contribution in [-0.4, -0.2) is 218 Å². The number of carbonyl (C=O) groups is 10. The summed E-state index contributed by atoms with van der Waals surface area (Å²) in [6.45, 7) is 46.2. The number of hydrogen-bond donors (Lipinski definition) is 12. The third-order valence-corrected chi connectivity index (χ3v) is 19.6. The van der Waals surface area contributed by atoms with Gasteiger partial charge in [0, 0.05) is 58.8 Å². The molecule has 5 aliphatic heterocycles. The minimum Gasteiger partial charge on any atom is -0.399 e. The monoisotopic (exact) mass is 1980 g/mol. The van der Waals surface area contributed by atoms with Gasteiger partial charge in [0.2, 0.25) is 11.1 Å². The SMILES string of the molecule is Br.C.C.C.C.C=C(C)C(=O)Cl.C=C(C)C(=O)N1CCC[C@@H]1C(=O)O.C[C@@]1(CBr)OC(=O)C2CCCN2C1=O.C[C@](O)(CBr)C(=O)O.C[C@](O)(CBr)C(=O)O.N[N-]O.O=C(O)[C@H]1CCCN1.[2H]CF.[B]=NS.[C-]#[N+]c1ccc(CC(=O)[C@@](C)(O)CBr)cc1C.[C-]#[N+]c1ccc(CC(=O)[C@]2(C)CO2)cc1C.[C-]#[N+]c1ccc(N)cc1C.[Na+]. The van der Waals surface area contributed by atoms with Gasteiger partial charge in [-0.1, -0.05) is 149 Å². The van der Waals surface area contributed by atoms with Crippen molar-refractivity contribution in [3.05, 3.63) is 147 Å². The summed E-state index contributed by atoms with van der Waals surface area (Å²) in [5, 5.41) is 70.8. The molecule has 3 aromatic carbocycles. The summed E-state index contributed by atoms with van der Waals surface area (Å²) in [5.74, 6) is -0.740. The Morgan fingerprint density at radius 3 is 1.43 bits per heavy atom. The number of cyclic esters (lactones) is 1. The fraction of sp³-hybridized carbons (Fsp3) is 0.527. The number of amides is 2. The van der Waals surface area contributed by atoms with Crippen molar-refractivity contribution >= 4 is 194 Å². The number of carbonyl (C=O) groups excluding carboxylic acids is 6. The summed E-state index contributed by atoms with van der Waals surface area (Å²) in [6, 6.07) is 14.8. The second kappa shape index (κ2) is 66.2. The normalized spacial score (nSPS) is 18.3. The van der Waals surface area contributed by atoms with E-state index in [4.69, 9.17) is 83.7 Å². The molecular formula is C74H112BBr5ClFN10NaO20S. The molecule has 5 saturated heterocycles. The first kappa shape index (κ1) is 126. The molecule has 8 rings (SSSR count). The number of epoxide rings is 1. The van der Waals surface area contributed by atoms with Crippen LogP contribution in [0.15, 0.2) is 83.2 Å². The number of morpholine rings is 1. The topological polar surface area (TPSA) is 464 Å². The fourth-order valence-corrected chi connectivity index (χ4v) is 9.45. The number of thiol groups is 1. The number of rotatable bonds is 16. The van der Waals surface area contributed by atoms with Gasteiger partial charge >= 0.3 is 84.2 Å². The fourth-order valence-electron chi connectivity index (χ4n) is 8.30. The van der Waals surface area contributed by atoms with Crippen LogP contribution >= 0.6 is 105 Å². The van der Waals surface area contributed by atoms with Crippen LogP contribution in [0.4, 0.5) is 27.1 Å². The third kappa shape index (κ3) is 49.4. The van der Waals surface area contributed by atoms with E-state index < -0.39 is 70.3 Å². The molecule has 114 heavy (non-hydrogen) atoms. The van der Waals surface area contributed by atoms with Gasteiger partial charge in [-0.3, -0.25) is 33.2 Å². The molecule has 637 valence electrons. The first-order valence-electron chi connectivity index (χ1n) is 32.5. The maximum atomic E-state index is 11.9. The van der Waals surface area contributed by atoms with Crippen LogP contribution < -0.4 is 46.5 Å². The maximum absolute atomic E-state index is 11.9. The molecule has 13 N–H and O–H groups in total. The number of nitrogen functional groups attached to an aromatic ring is 1. The van der Waals surface area contributed by atoms with Gasteiger partial charge < -0.3 is 82.7 Å². The van der Waals surface area contributed by atoms with Crippen LogP contribution in [0, 0.1) is 40.5 Å². The Labute approximate surface area is 749 Å². The van der Waals surface area contributed by atoms with E-state index in [1.807, 2.05) is 51.5 Å². The summed E-state index contributed by atoms with van der Waals surface area (Å²) >= 11 is 20.1. The third-order valence-electron chi connectivity index (χ3n) is 15.0. The van der Waals surface area contributed by atoms with E-state index in [0.717, 1.165) is 66.5 Å². The molecule has 0 spiro atoms. The van der Waals surface area contributed by atoms with E-state index >= 15 is 0 Å². The number of ketones is 2. The van der Waals surface area contributed by atoms with Crippen molar-refractivity contribution in [3.8, 4) is 0 Å². The van der Waals surface area contributed by atoms with Gasteiger partial charge in [-0.05, 0) is 166 Å². The number of anilines is 1. The Balaban J connectivity index is -0.000000134. The van der Waals surface area contributed by atoms with Crippen molar-refractivity contribution in [1.29, 1.82) is 0 Å². The number of esters is 1. The minimum absolute atomic E-state index is 0. The number of benzene rings is 3. The number of hydrogen-bond acceptors (Lipinski definition) is 21. The summed E-state index contributed by atoms with van der Waals surface area (Å²) in [5.41, 5.74) is 9.22. The van der Waals surface area contributed by atoms with Crippen LogP contribution in [0.3, 0.4) is 0 Å². The molecule has 1 unspecified atom stereocenters. The van der Waals surface area contributed by atoms with Crippen molar-refractivity contribution in [1.82, 2.24) is 15.1 Å². The molecular weight excluding hydrogens is 1870 g/mol.